The quantitative estimate of drug-likeness (QED) is 0.779. The lowest BCUT2D eigenvalue weighted by molar-refractivity contribution is 0.0858. The van der Waals surface area contributed by atoms with Crippen LogP contribution < -0.4 is 11.1 Å². The third kappa shape index (κ3) is 2.97. The summed E-state index contributed by atoms with van der Waals surface area (Å²) in [7, 11) is 0. The van der Waals surface area contributed by atoms with E-state index < -0.39 is 0 Å². The van der Waals surface area contributed by atoms with E-state index in [2.05, 4.69) is 5.32 Å². The summed E-state index contributed by atoms with van der Waals surface area (Å²) in [6.07, 6.45) is 2.27. The summed E-state index contributed by atoms with van der Waals surface area (Å²) in [4.78, 5) is 11.8. The molecule has 1 amide bonds. The van der Waals surface area contributed by atoms with Crippen molar-refractivity contribution in [3.05, 3.63) is 29.3 Å². The van der Waals surface area contributed by atoms with Crippen molar-refractivity contribution in [2.75, 3.05) is 18.9 Å². The fourth-order valence-corrected chi connectivity index (χ4v) is 1.90. The van der Waals surface area contributed by atoms with Gasteiger partial charge in [-0.25, -0.2) is 0 Å². The molecule has 0 aliphatic carbocycles. The van der Waals surface area contributed by atoms with Crippen LogP contribution in [0.25, 0.3) is 0 Å². The van der Waals surface area contributed by atoms with Gasteiger partial charge in [-0.1, -0.05) is 6.07 Å². The molecule has 1 saturated heterocycles. The van der Waals surface area contributed by atoms with Gasteiger partial charge in [0.1, 0.15) is 0 Å². The zero-order chi connectivity index (χ0) is 12.3. The number of rotatable bonds is 3. The molecule has 0 spiro atoms. The van der Waals surface area contributed by atoms with Gasteiger partial charge in [-0.05, 0) is 37.5 Å². The Kier molecular flexibility index (Phi) is 3.64. The van der Waals surface area contributed by atoms with Crippen LogP contribution in [0.2, 0.25) is 0 Å². The van der Waals surface area contributed by atoms with E-state index in [1.165, 1.54) is 0 Å². The van der Waals surface area contributed by atoms with Crippen molar-refractivity contribution in [2.45, 2.75) is 25.9 Å². The molecule has 1 aliphatic rings. The van der Waals surface area contributed by atoms with Crippen molar-refractivity contribution < 1.29 is 9.53 Å². The van der Waals surface area contributed by atoms with Gasteiger partial charge in [-0.15, -0.1) is 0 Å². The third-order valence-corrected chi connectivity index (χ3v) is 3.06. The molecular weight excluding hydrogens is 216 g/mol. The molecule has 0 radical (unpaired) electrons. The number of ether oxygens (including phenoxy) is 1. The largest absolute Gasteiger partial charge is 0.398 e. The van der Waals surface area contributed by atoms with Crippen LogP contribution in [0, 0.1) is 6.92 Å². The number of benzene rings is 1. The average molecular weight is 234 g/mol. The van der Waals surface area contributed by atoms with Crippen LogP contribution in [0.3, 0.4) is 0 Å². The molecule has 0 aromatic heterocycles. The minimum atomic E-state index is -0.0906. The molecule has 0 bridgehead atoms. The van der Waals surface area contributed by atoms with E-state index in [1.54, 1.807) is 12.1 Å². The average Bonchev–Trinajstić information content (AvgIpc) is 2.82. The second kappa shape index (κ2) is 5.19. The highest BCUT2D eigenvalue weighted by molar-refractivity contribution is 5.95. The Bertz CT molecular complexity index is 412. The van der Waals surface area contributed by atoms with Gasteiger partial charge in [0.05, 0.1) is 6.10 Å². The van der Waals surface area contributed by atoms with Gasteiger partial charge in [0.25, 0.3) is 5.91 Å². The number of anilines is 1. The van der Waals surface area contributed by atoms with E-state index in [9.17, 15) is 4.79 Å². The normalized spacial score (nSPS) is 19.2. The van der Waals surface area contributed by atoms with Crippen molar-refractivity contribution >= 4 is 11.6 Å². The lowest BCUT2D eigenvalue weighted by Gasteiger charge is -2.11. The Morgan fingerprint density at radius 1 is 1.59 bits per heavy atom. The Morgan fingerprint density at radius 3 is 3.06 bits per heavy atom. The van der Waals surface area contributed by atoms with Gasteiger partial charge < -0.3 is 15.8 Å². The standard InChI is InChI=1S/C13H18N2O2/c1-9-4-5-10(7-12(9)14)13(16)15-8-11-3-2-6-17-11/h4-5,7,11H,2-3,6,8,14H2,1H3,(H,15,16)/t11-/m1/s1. The van der Waals surface area contributed by atoms with Gasteiger partial charge in [-0.3, -0.25) is 4.79 Å². The predicted octanol–water partition coefficient (Wildman–Crippen LogP) is 1.49. The van der Waals surface area contributed by atoms with E-state index in [1.807, 2.05) is 13.0 Å². The van der Waals surface area contributed by atoms with Crippen molar-refractivity contribution in [3.8, 4) is 0 Å². The van der Waals surface area contributed by atoms with Crippen LogP contribution in [-0.4, -0.2) is 25.2 Å². The Labute approximate surface area is 101 Å². The smallest absolute Gasteiger partial charge is 0.251 e. The summed E-state index contributed by atoms with van der Waals surface area (Å²) >= 11 is 0. The lowest BCUT2D eigenvalue weighted by Crippen LogP contribution is -2.31. The van der Waals surface area contributed by atoms with Gasteiger partial charge in [-0.2, -0.15) is 0 Å². The molecule has 2 rings (SSSR count). The number of hydrogen-bond donors (Lipinski definition) is 2. The van der Waals surface area contributed by atoms with Crippen LogP contribution in [0.15, 0.2) is 18.2 Å². The molecule has 92 valence electrons. The topological polar surface area (TPSA) is 64.3 Å². The molecule has 1 aromatic rings. The molecule has 1 fully saturated rings. The summed E-state index contributed by atoms with van der Waals surface area (Å²) in [6.45, 7) is 3.30. The maximum atomic E-state index is 11.8. The molecule has 1 atom stereocenters. The number of nitrogen functional groups attached to an aromatic ring is 1. The minimum Gasteiger partial charge on any atom is -0.398 e. The first-order chi connectivity index (χ1) is 8.16. The SMILES string of the molecule is Cc1ccc(C(=O)NC[C@H]2CCCO2)cc1N. The Balaban J connectivity index is 1.92. The van der Waals surface area contributed by atoms with Crippen LogP contribution in [0.5, 0.6) is 0 Å². The van der Waals surface area contributed by atoms with Crippen molar-refractivity contribution in [3.63, 3.8) is 0 Å². The molecule has 4 heteroatoms. The molecule has 0 unspecified atom stereocenters. The number of aryl methyl sites for hydroxylation is 1. The number of carbonyl (C=O) groups is 1. The highest BCUT2D eigenvalue weighted by Gasteiger charge is 2.16. The van der Waals surface area contributed by atoms with Crippen molar-refractivity contribution in [1.29, 1.82) is 0 Å². The lowest BCUT2D eigenvalue weighted by atomic mass is 10.1. The van der Waals surface area contributed by atoms with Gasteiger partial charge >= 0.3 is 0 Å². The number of hydrogen-bond acceptors (Lipinski definition) is 3. The van der Waals surface area contributed by atoms with Gasteiger partial charge in [0, 0.05) is 24.4 Å². The van der Waals surface area contributed by atoms with E-state index in [4.69, 9.17) is 10.5 Å². The van der Waals surface area contributed by atoms with E-state index in [0.29, 0.717) is 17.8 Å². The Morgan fingerprint density at radius 2 is 2.41 bits per heavy atom. The van der Waals surface area contributed by atoms with E-state index in [-0.39, 0.29) is 12.0 Å². The number of nitrogens with two attached hydrogens (primary N) is 1. The molecular formula is C13H18N2O2. The van der Waals surface area contributed by atoms with E-state index >= 15 is 0 Å². The fourth-order valence-electron chi connectivity index (χ4n) is 1.90. The van der Waals surface area contributed by atoms with Crippen LogP contribution in [-0.2, 0) is 4.74 Å². The second-order valence-corrected chi connectivity index (χ2v) is 4.42. The summed E-state index contributed by atoms with van der Waals surface area (Å²) in [5.41, 5.74) is 8.01. The number of nitrogens with one attached hydrogen (secondary N) is 1. The highest BCUT2D eigenvalue weighted by atomic mass is 16.5. The fraction of sp³-hybridized carbons (Fsp3) is 0.462. The molecule has 4 nitrogen and oxygen atoms in total. The van der Waals surface area contributed by atoms with Crippen LogP contribution in [0.4, 0.5) is 5.69 Å². The van der Waals surface area contributed by atoms with Gasteiger partial charge in [0.2, 0.25) is 0 Å². The monoisotopic (exact) mass is 234 g/mol. The Hall–Kier alpha value is -1.55. The van der Waals surface area contributed by atoms with Crippen LogP contribution in [0.1, 0.15) is 28.8 Å². The zero-order valence-corrected chi connectivity index (χ0v) is 10.0. The first-order valence-electron chi connectivity index (χ1n) is 5.93. The first kappa shape index (κ1) is 11.9. The summed E-state index contributed by atoms with van der Waals surface area (Å²) in [5.74, 6) is -0.0906. The molecule has 0 saturated carbocycles. The maximum absolute atomic E-state index is 11.8. The summed E-state index contributed by atoms with van der Waals surface area (Å²) in [6, 6.07) is 5.35. The summed E-state index contributed by atoms with van der Waals surface area (Å²) in [5, 5.41) is 2.87. The van der Waals surface area contributed by atoms with E-state index in [0.717, 1.165) is 25.0 Å². The summed E-state index contributed by atoms with van der Waals surface area (Å²) < 4.78 is 5.44. The number of carbonyl (C=O) groups excluding carboxylic acids is 1. The highest BCUT2D eigenvalue weighted by Crippen LogP contribution is 2.14. The molecule has 1 heterocycles. The first-order valence-corrected chi connectivity index (χ1v) is 5.93. The van der Waals surface area contributed by atoms with Crippen LogP contribution >= 0.6 is 0 Å². The molecule has 17 heavy (non-hydrogen) atoms. The van der Waals surface area contributed by atoms with Gasteiger partial charge in [0.15, 0.2) is 0 Å². The minimum absolute atomic E-state index is 0.0906. The predicted molar refractivity (Wildman–Crippen MR) is 66.9 cm³/mol. The molecule has 1 aliphatic heterocycles. The second-order valence-electron chi connectivity index (χ2n) is 4.42. The number of amides is 1. The maximum Gasteiger partial charge on any atom is 0.251 e. The molecule has 3 N–H and O–H groups in total. The third-order valence-electron chi connectivity index (χ3n) is 3.06. The molecule has 1 aromatic carbocycles. The van der Waals surface area contributed by atoms with Crippen molar-refractivity contribution in [1.82, 2.24) is 5.32 Å². The van der Waals surface area contributed by atoms with Crippen molar-refractivity contribution in [2.24, 2.45) is 0 Å². The zero-order valence-electron chi connectivity index (χ0n) is 10.0.